The Morgan fingerprint density at radius 2 is 1.94 bits per heavy atom. The molecule has 0 radical (unpaired) electrons. The highest BCUT2D eigenvalue weighted by atomic mass is 35.5. The van der Waals surface area contributed by atoms with Gasteiger partial charge >= 0.3 is 5.97 Å². The van der Waals surface area contributed by atoms with Crippen molar-refractivity contribution in [3.05, 3.63) is 99.9 Å². The summed E-state index contributed by atoms with van der Waals surface area (Å²) in [5.41, 5.74) is 8.25. The number of fused-ring (bicyclic) bond motifs is 1. The number of nitriles is 1. The van der Waals surface area contributed by atoms with Crippen LogP contribution in [0.15, 0.2) is 78.2 Å². The molecule has 0 amide bonds. The van der Waals surface area contributed by atoms with Gasteiger partial charge in [0, 0.05) is 22.2 Å². The molecule has 33 heavy (non-hydrogen) atoms. The topological polar surface area (TPSA) is 94.6 Å². The minimum atomic E-state index is -0.552. The fraction of sp³-hybridized carbons (Fsp3) is 0.154. The molecule has 1 heterocycles. The normalized spacial score (nSPS) is 14.6. The predicted octanol–water partition coefficient (Wildman–Crippen LogP) is 5.57. The lowest BCUT2D eigenvalue weighted by molar-refractivity contribution is 0.0734. The van der Waals surface area contributed by atoms with Gasteiger partial charge in [-0.15, -0.1) is 0 Å². The van der Waals surface area contributed by atoms with Crippen molar-refractivity contribution in [2.75, 3.05) is 6.61 Å². The third-order valence-corrected chi connectivity index (χ3v) is 5.39. The monoisotopic (exact) mass is 460 g/mol. The molecule has 0 aliphatic carbocycles. The molecule has 0 fully saturated rings. The Morgan fingerprint density at radius 3 is 2.70 bits per heavy atom. The van der Waals surface area contributed by atoms with Crippen LogP contribution in [0, 0.1) is 11.3 Å². The van der Waals surface area contributed by atoms with Gasteiger partial charge in [0.05, 0.1) is 18.1 Å². The standard InChI is InChI=1S/C26H21ClN2O4/c1-2-12-31-22-9-4-3-8-19(22)24-20-11-10-18(14-23(20)33-25(29)21(24)15-28)32-26(30)16-6-5-7-17(27)13-16/h3-11,13-14,24H,2,12,29H2,1H3. The average molecular weight is 461 g/mol. The maximum absolute atomic E-state index is 12.5. The van der Waals surface area contributed by atoms with Crippen molar-refractivity contribution < 1.29 is 19.0 Å². The van der Waals surface area contributed by atoms with Crippen LogP contribution in [0.2, 0.25) is 5.02 Å². The number of para-hydroxylation sites is 1. The highest BCUT2D eigenvalue weighted by molar-refractivity contribution is 6.30. The fourth-order valence-corrected chi connectivity index (χ4v) is 3.85. The average Bonchev–Trinajstić information content (AvgIpc) is 2.82. The summed E-state index contributed by atoms with van der Waals surface area (Å²) in [6, 6.07) is 21.2. The van der Waals surface area contributed by atoms with Crippen LogP contribution in [0.5, 0.6) is 17.2 Å². The van der Waals surface area contributed by atoms with E-state index >= 15 is 0 Å². The molecule has 1 unspecified atom stereocenters. The molecule has 0 saturated carbocycles. The third-order valence-electron chi connectivity index (χ3n) is 5.15. The number of carbonyl (C=O) groups excluding carboxylic acids is 1. The van der Waals surface area contributed by atoms with Crippen LogP contribution in [0.25, 0.3) is 0 Å². The largest absolute Gasteiger partial charge is 0.493 e. The van der Waals surface area contributed by atoms with Crippen LogP contribution in [-0.4, -0.2) is 12.6 Å². The van der Waals surface area contributed by atoms with Crippen molar-refractivity contribution in [2.24, 2.45) is 5.73 Å². The first-order valence-electron chi connectivity index (χ1n) is 10.4. The van der Waals surface area contributed by atoms with E-state index in [0.29, 0.717) is 34.3 Å². The van der Waals surface area contributed by atoms with Crippen molar-refractivity contribution in [3.8, 4) is 23.3 Å². The Bertz CT molecular complexity index is 1280. The van der Waals surface area contributed by atoms with Crippen molar-refractivity contribution in [3.63, 3.8) is 0 Å². The number of rotatable bonds is 6. The molecule has 1 aliphatic heterocycles. The summed E-state index contributed by atoms with van der Waals surface area (Å²) in [5, 5.41) is 10.3. The number of benzene rings is 3. The van der Waals surface area contributed by atoms with Crippen LogP contribution in [0.4, 0.5) is 0 Å². The predicted molar refractivity (Wildman–Crippen MR) is 124 cm³/mol. The summed E-state index contributed by atoms with van der Waals surface area (Å²) in [6.45, 7) is 2.57. The van der Waals surface area contributed by atoms with E-state index in [9.17, 15) is 10.1 Å². The molecule has 0 saturated heterocycles. The van der Waals surface area contributed by atoms with Gasteiger partial charge in [-0.05, 0) is 36.8 Å². The molecule has 0 bridgehead atoms. The first kappa shape index (κ1) is 22.3. The van der Waals surface area contributed by atoms with Crippen LogP contribution in [-0.2, 0) is 0 Å². The molecule has 0 aromatic heterocycles. The molecule has 0 spiro atoms. The number of allylic oxidation sites excluding steroid dienone is 1. The second kappa shape index (κ2) is 9.68. The lowest BCUT2D eigenvalue weighted by Gasteiger charge is -2.28. The smallest absolute Gasteiger partial charge is 0.343 e. The highest BCUT2D eigenvalue weighted by Gasteiger charge is 2.33. The Morgan fingerprint density at radius 1 is 1.12 bits per heavy atom. The lowest BCUT2D eigenvalue weighted by Crippen LogP contribution is -2.21. The number of ether oxygens (including phenoxy) is 3. The van der Waals surface area contributed by atoms with Gasteiger partial charge < -0.3 is 19.9 Å². The van der Waals surface area contributed by atoms with Crippen molar-refractivity contribution in [1.82, 2.24) is 0 Å². The van der Waals surface area contributed by atoms with Gasteiger partial charge in [0.15, 0.2) is 0 Å². The SMILES string of the molecule is CCCOc1ccccc1C1C(C#N)=C(N)Oc2cc(OC(=O)c3cccc(Cl)c3)ccc21. The first-order valence-corrected chi connectivity index (χ1v) is 10.8. The quantitative estimate of drug-likeness (QED) is 0.382. The van der Waals surface area contributed by atoms with E-state index in [1.54, 1.807) is 36.4 Å². The maximum Gasteiger partial charge on any atom is 0.343 e. The molecule has 1 aliphatic rings. The van der Waals surface area contributed by atoms with Crippen LogP contribution in [0.1, 0.15) is 40.7 Å². The van der Waals surface area contributed by atoms with Gasteiger partial charge in [0.1, 0.15) is 28.9 Å². The summed E-state index contributed by atoms with van der Waals surface area (Å²) >= 11 is 5.97. The molecule has 3 aromatic carbocycles. The molecule has 1 atom stereocenters. The van der Waals surface area contributed by atoms with E-state index in [1.165, 1.54) is 6.07 Å². The Hall–Kier alpha value is -3.95. The third kappa shape index (κ3) is 4.64. The molecule has 4 rings (SSSR count). The van der Waals surface area contributed by atoms with Crippen molar-refractivity contribution >= 4 is 17.6 Å². The lowest BCUT2D eigenvalue weighted by atomic mass is 9.83. The number of carbonyl (C=O) groups is 1. The first-order chi connectivity index (χ1) is 16.0. The summed E-state index contributed by atoms with van der Waals surface area (Å²) in [5.74, 6) is 0.320. The van der Waals surface area contributed by atoms with Gasteiger partial charge in [-0.2, -0.15) is 5.26 Å². The zero-order valence-electron chi connectivity index (χ0n) is 17.9. The molecule has 6 nitrogen and oxygen atoms in total. The van der Waals surface area contributed by atoms with Crippen molar-refractivity contribution in [2.45, 2.75) is 19.3 Å². The summed E-state index contributed by atoms with van der Waals surface area (Å²) in [4.78, 5) is 12.5. The zero-order chi connectivity index (χ0) is 23.4. The van der Waals surface area contributed by atoms with Gasteiger partial charge in [-0.1, -0.05) is 48.9 Å². The van der Waals surface area contributed by atoms with E-state index in [1.807, 2.05) is 31.2 Å². The molecular formula is C26H21ClN2O4. The second-order valence-electron chi connectivity index (χ2n) is 7.41. The fourth-order valence-electron chi connectivity index (χ4n) is 3.66. The van der Waals surface area contributed by atoms with Gasteiger partial charge in [0.2, 0.25) is 5.88 Å². The molecule has 2 N–H and O–H groups in total. The number of nitrogens with two attached hydrogens (primary N) is 1. The maximum atomic E-state index is 12.5. The minimum Gasteiger partial charge on any atom is -0.493 e. The molecule has 7 heteroatoms. The zero-order valence-corrected chi connectivity index (χ0v) is 18.6. The Balaban J connectivity index is 1.71. The van der Waals surface area contributed by atoms with Crippen LogP contribution in [0.3, 0.4) is 0 Å². The van der Waals surface area contributed by atoms with Gasteiger partial charge in [0.25, 0.3) is 0 Å². The van der Waals surface area contributed by atoms with E-state index < -0.39 is 11.9 Å². The van der Waals surface area contributed by atoms with Gasteiger partial charge in [-0.3, -0.25) is 0 Å². The number of esters is 1. The van der Waals surface area contributed by atoms with Crippen LogP contribution < -0.4 is 19.9 Å². The van der Waals surface area contributed by atoms with E-state index in [2.05, 4.69) is 6.07 Å². The summed E-state index contributed by atoms with van der Waals surface area (Å²) in [7, 11) is 0. The van der Waals surface area contributed by atoms with Crippen LogP contribution >= 0.6 is 11.6 Å². The second-order valence-corrected chi connectivity index (χ2v) is 7.85. The highest BCUT2D eigenvalue weighted by Crippen LogP contribution is 2.45. The number of hydrogen-bond acceptors (Lipinski definition) is 6. The Kier molecular flexibility index (Phi) is 6.53. The Labute approximate surface area is 196 Å². The number of nitrogens with zero attached hydrogens (tertiary/aromatic N) is 1. The summed E-state index contributed by atoms with van der Waals surface area (Å²) < 4.78 is 17.2. The molecule has 3 aromatic rings. The van der Waals surface area contributed by atoms with E-state index in [4.69, 9.17) is 31.5 Å². The van der Waals surface area contributed by atoms with E-state index in [0.717, 1.165) is 17.5 Å². The van der Waals surface area contributed by atoms with E-state index in [-0.39, 0.29) is 11.6 Å². The minimum absolute atomic E-state index is 0.00128. The summed E-state index contributed by atoms with van der Waals surface area (Å²) in [6.07, 6.45) is 0.850. The van der Waals surface area contributed by atoms with Gasteiger partial charge in [-0.25, -0.2) is 4.79 Å². The van der Waals surface area contributed by atoms with Crippen molar-refractivity contribution in [1.29, 1.82) is 5.26 Å². The number of halogens is 1. The molecular weight excluding hydrogens is 440 g/mol. The molecule has 166 valence electrons. The number of hydrogen-bond donors (Lipinski definition) is 1.